The number of rotatable bonds is 23. The molecule has 0 aliphatic rings. The molecular formula is C24H50N12O5. The number of aliphatic carboxylic acids is 1. The molecule has 0 rings (SSSR count). The van der Waals surface area contributed by atoms with Gasteiger partial charge in [0.1, 0.15) is 18.1 Å². The van der Waals surface area contributed by atoms with Gasteiger partial charge in [-0.2, -0.15) is 0 Å². The number of carbonyl (C=O) groups is 4. The highest BCUT2D eigenvalue weighted by Crippen LogP contribution is 2.08. The van der Waals surface area contributed by atoms with Crippen LogP contribution in [0.4, 0.5) is 0 Å². The first kappa shape index (κ1) is 37.3. The summed E-state index contributed by atoms with van der Waals surface area (Å²) in [5.74, 6) is -3.26. The van der Waals surface area contributed by atoms with Gasteiger partial charge in [0.25, 0.3) is 0 Å². The number of carbonyl (C=O) groups excluding carboxylic acids is 3. The van der Waals surface area contributed by atoms with Crippen LogP contribution >= 0.6 is 0 Å². The van der Waals surface area contributed by atoms with E-state index in [1.807, 2.05) is 0 Å². The number of hydrogen-bond donors (Lipinski definition) is 11. The van der Waals surface area contributed by atoms with Crippen molar-refractivity contribution in [3.63, 3.8) is 0 Å². The Labute approximate surface area is 240 Å². The molecule has 18 N–H and O–H groups in total. The lowest BCUT2D eigenvalue weighted by Gasteiger charge is -2.25. The van der Waals surface area contributed by atoms with E-state index in [2.05, 4.69) is 25.9 Å². The minimum Gasteiger partial charge on any atom is -0.480 e. The van der Waals surface area contributed by atoms with Crippen molar-refractivity contribution >= 4 is 35.6 Å². The molecule has 17 heteroatoms. The molecule has 0 aromatic carbocycles. The maximum Gasteiger partial charge on any atom is 0.326 e. The second-order valence-electron chi connectivity index (χ2n) is 9.59. The molecule has 0 aliphatic heterocycles. The standard InChI is InChI=1S/C24H50N12O5/c25-11-3-1-8-16(21(39)36-18(22(40)41)9-2-4-12-26)35-20(38)17(10-6-14-33-24(30)31)34-19(37)15(27)7-5-13-32-23(28)29/h15-18H,1-14,25-27H2,(H,34,37)(H,35,38)(H,36,39)(H,40,41)(H4,28,29,32)(H4,30,31,33)/t15-,16-,17-,18-/m0/s1. The number of carboxylic acids is 1. The first-order valence-corrected chi connectivity index (χ1v) is 13.8. The lowest BCUT2D eigenvalue weighted by atomic mass is 10.0. The Kier molecular flexibility index (Phi) is 20.1. The van der Waals surface area contributed by atoms with Crippen LogP contribution in [-0.2, 0) is 19.2 Å². The van der Waals surface area contributed by atoms with Gasteiger partial charge >= 0.3 is 5.97 Å². The lowest BCUT2D eigenvalue weighted by molar-refractivity contribution is -0.142. The Hall–Kier alpha value is -3.70. The number of unbranched alkanes of at least 4 members (excludes halogenated alkanes) is 2. The minimum absolute atomic E-state index is 0.0733. The minimum atomic E-state index is -1.19. The van der Waals surface area contributed by atoms with E-state index >= 15 is 0 Å². The molecule has 0 saturated carbocycles. The lowest BCUT2D eigenvalue weighted by Crippen LogP contribution is -2.57. The van der Waals surface area contributed by atoms with Crippen LogP contribution in [0.3, 0.4) is 0 Å². The molecular weight excluding hydrogens is 536 g/mol. The summed E-state index contributed by atoms with van der Waals surface area (Å²) in [6, 6.07) is -4.21. The fraction of sp³-hybridized carbons (Fsp3) is 0.750. The third-order valence-electron chi connectivity index (χ3n) is 6.02. The summed E-state index contributed by atoms with van der Waals surface area (Å²) in [7, 11) is 0. The van der Waals surface area contributed by atoms with Gasteiger partial charge in [0.15, 0.2) is 11.9 Å². The van der Waals surface area contributed by atoms with Crippen molar-refractivity contribution in [3.8, 4) is 0 Å². The smallest absolute Gasteiger partial charge is 0.326 e. The number of nitrogens with one attached hydrogen (secondary N) is 3. The van der Waals surface area contributed by atoms with Gasteiger partial charge in [-0.1, -0.05) is 0 Å². The van der Waals surface area contributed by atoms with Crippen LogP contribution in [0.1, 0.15) is 64.2 Å². The SMILES string of the molecule is NCCCC[C@H](NC(=O)[C@H](CCCCN)NC(=O)[C@H](CCCN=C(N)N)NC(=O)[C@@H](N)CCCN=C(N)N)C(=O)O. The predicted molar refractivity (Wildman–Crippen MR) is 157 cm³/mol. The topological polar surface area (TPSA) is 331 Å². The van der Waals surface area contributed by atoms with Crippen molar-refractivity contribution in [1.82, 2.24) is 16.0 Å². The summed E-state index contributed by atoms with van der Waals surface area (Å²) < 4.78 is 0. The van der Waals surface area contributed by atoms with E-state index in [-0.39, 0.29) is 50.7 Å². The number of aliphatic imine (C=N–C) groups is 2. The van der Waals surface area contributed by atoms with Gasteiger partial charge in [0.05, 0.1) is 6.04 Å². The van der Waals surface area contributed by atoms with Gasteiger partial charge in [0, 0.05) is 13.1 Å². The van der Waals surface area contributed by atoms with Gasteiger partial charge in [-0.15, -0.1) is 0 Å². The van der Waals surface area contributed by atoms with Crippen molar-refractivity contribution < 1.29 is 24.3 Å². The van der Waals surface area contributed by atoms with E-state index in [9.17, 15) is 24.3 Å². The number of nitrogens with two attached hydrogens (primary N) is 7. The van der Waals surface area contributed by atoms with Crippen molar-refractivity contribution in [2.45, 2.75) is 88.4 Å². The molecule has 17 nitrogen and oxygen atoms in total. The molecule has 0 fully saturated rings. The second-order valence-corrected chi connectivity index (χ2v) is 9.59. The van der Waals surface area contributed by atoms with Gasteiger partial charge < -0.3 is 61.2 Å². The van der Waals surface area contributed by atoms with Crippen molar-refractivity contribution in [3.05, 3.63) is 0 Å². The molecule has 0 saturated heterocycles. The van der Waals surface area contributed by atoms with Crippen LogP contribution in [0.15, 0.2) is 9.98 Å². The molecule has 0 aromatic rings. The molecule has 0 heterocycles. The average molecular weight is 587 g/mol. The Morgan fingerprint density at radius 2 is 0.976 bits per heavy atom. The van der Waals surface area contributed by atoms with Crippen LogP contribution in [-0.4, -0.2) is 91.1 Å². The second kappa shape index (κ2) is 22.0. The maximum atomic E-state index is 13.3. The van der Waals surface area contributed by atoms with Crippen LogP contribution in [0.25, 0.3) is 0 Å². The molecule has 0 bridgehead atoms. The fourth-order valence-corrected chi connectivity index (χ4v) is 3.76. The van der Waals surface area contributed by atoms with Gasteiger partial charge in [-0.05, 0) is 77.3 Å². The van der Waals surface area contributed by atoms with E-state index in [4.69, 9.17) is 40.1 Å². The number of hydrogen-bond acceptors (Lipinski definition) is 9. The largest absolute Gasteiger partial charge is 0.480 e. The zero-order chi connectivity index (χ0) is 31.2. The van der Waals surface area contributed by atoms with Crippen LogP contribution in [0.2, 0.25) is 0 Å². The Morgan fingerprint density at radius 3 is 1.41 bits per heavy atom. The van der Waals surface area contributed by atoms with E-state index in [1.54, 1.807) is 0 Å². The van der Waals surface area contributed by atoms with E-state index in [1.165, 1.54) is 0 Å². The van der Waals surface area contributed by atoms with Crippen molar-refractivity contribution in [2.75, 3.05) is 26.2 Å². The molecule has 3 amide bonds. The molecule has 0 spiro atoms. The predicted octanol–water partition coefficient (Wildman–Crippen LogP) is -3.78. The summed E-state index contributed by atoms with van der Waals surface area (Å²) in [6.07, 6.45) is 3.78. The van der Waals surface area contributed by atoms with E-state index in [0.29, 0.717) is 51.6 Å². The zero-order valence-corrected chi connectivity index (χ0v) is 23.7. The first-order chi connectivity index (χ1) is 19.4. The molecule has 0 aliphatic carbocycles. The summed E-state index contributed by atoms with van der Waals surface area (Å²) in [5, 5.41) is 17.3. The summed E-state index contributed by atoms with van der Waals surface area (Å²) in [6.45, 7) is 1.27. The highest BCUT2D eigenvalue weighted by Gasteiger charge is 2.30. The van der Waals surface area contributed by atoms with Gasteiger partial charge in [0.2, 0.25) is 17.7 Å². The van der Waals surface area contributed by atoms with Gasteiger partial charge in [-0.3, -0.25) is 24.4 Å². The molecule has 4 atom stereocenters. The molecule has 0 unspecified atom stereocenters. The van der Waals surface area contributed by atoms with Gasteiger partial charge in [-0.25, -0.2) is 4.79 Å². The number of amides is 3. The average Bonchev–Trinajstić information content (AvgIpc) is 2.90. The molecule has 0 radical (unpaired) electrons. The first-order valence-electron chi connectivity index (χ1n) is 13.8. The maximum absolute atomic E-state index is 13.3. The normalized spacial score (nSPS) is 13.6. The Bertz CT molecular complexity index is 862. The third-order valence-corrected chi connectivity index (χ3v) is 6.02. The highest BCUT2D eigenvalue weighted by atomic mass is 16.4. The number of guanidine groups is 2. The molecule has 236 valence electrons. The number of nitrogens with zero attached hydrogens (tertiary/aromatic N) is 2. The zero-order valence-electron chi connectivity index (χ0n) is 23.7. The van der Waals surface area contributed by atoms with Crippen LogP contribution in [0, 0.1) is 0 Å². The number of carboxylic acid groups (broad SMARTS) is 1. The highest BCUT2D eigenvalue weighted by molar-refractivity contribution is 5.94. The molecule has 41 heavy (non-hydrogen) atoms. The van der Waals surface area contributed by atoms with Crippen molar-refractivity contribution in [2.24, 2.45) is 50.1 Å². The van der Waals surface area contributed by atoms with Crippen LogP contribution < -0.4 is 56.1 Å². The third kappa shape index (κ3) is 18.3. The van der Waals surface area contributed by atoms with E-state index in [0.717, 1.165) is 0 Å². The summed E-state index contributed by atoms with van der Waals surface area (Å²) in [4.78, 5) is 58.6. The monoisotopic (exact) mass is 586 g/mol. The summed E-state index contributed by atoms with van der Waals surface area (Å²) >= 11 is 0. The quantitative estimate of drug-likeness (QED) is 0.0312. The van der Waals surface area contributed by atoms with Crippen molar-refractivity contribution in [1.29, 1.82) is 0 Å². The Balaban J connectivity index is 5.59. The summed E-state index contributed by atoms with van der Waals surface area (Å²) in [5.41, 5.74) is 38.3. The van der Waals surface area contributed by atoms with E-state index < -0.39 is 47.9 Å². The molecule has 0 aromatic heterocycles. The fourth-order valence-electron chi connectivity index (χ4n) is 3.76. The van der Waals surface area contributed by atoms with Crippen LogP contribution in [0.5, 0.6) is 0 Å². The Morgan fingerprint density at radius 1 is 0.585 bits per heavy atom.